The highest BCUT2D eigenvalue weighted by atomic mass is 32.2. The average Bonchev–Trinajstić information content (AvgIpc) is 4.21. The zero-order valence-corrected chi connectivity index (χ0v) is 44.9. The summed E-state index contributed by atoms with van der Waals surface area (Å²) in [5, 5.41) is 29.3. The van der Waals surface area contributed by atoms with Crippen LogP contribution in [0.15, 0.2) is 144 Å². The zero-order chi connectivity index (χ0) is 61.1. The summed E-state index contributed by atoms with van der Waals surface area (Å²) >= 11 is 0. The molecule has 85 heavy (non-hydrogen) atoms. The van der Waals surface area contributed by atoms with E-state index in [4.69, 9.17) is 0 Å². The average molecular weight is 1190 g/mol. The molecule has 4 aliphatic rings. The van der Waals surface area contributed by atoms with E-state index in [0.717, 1.165) is 56.0 Å². The van der Waals surface area contributed by atoms with Crippen molar-refractivity contribution in [2.45, 2.75) is 31.0 Å². The number of anilines is 2. The van der Waals surface area contributed by atoms with Crippen LogP contribution in [0.4, 0.5) is 47.3 Å². The summed E-state index contributed by atoms with van der Waals surface area (Å²) in [6, 6.07) is 22.0. The van der Waals surface area contributed by atoms with E-state index in [2.05, 4.69) is 21.3 Å². The van der Waals surface area contributed by atoms with Crippen LogP contribution >= 0.6 is 0 Å². The standard InChI is InChI=1S/C56H46F6N12O10S/c57-55(58,59)38-3-1-5-40(25-38)73-42-29-71(51(78)46(42)48(67-53(73)80)35-11-7-33(27-63)8-12-35)31-44(75)65-17-21-70(50(77)37-15-19-69(20-16-37)23-24-85(82,83)84)22-18-66-45(76)32-72-30-43-47(52(72)79)49(36-13-9-34(28-64)10-14-36)68-54(81)74(43)41-6-2-4-39(26-41)56(60,61)62/h1-16,19-20,25-26,48-49H,17-18,21-24,29-32H2,(H4-,65,66,67,68,75,76,80,81,82,83,84)/t48-,49-/m1/s1. The second-order valence-corrected chi connectivity index (χ2v) is 21.1. The molecule has 29 heteroatoms. The van der Waals surface area contributed by atoms with Crippen molar-refractivity contribution in [1.82, 2.24) is 36.0 Å². The van der Waals surface area contributed by atoms with Crippen molar-refractivity contribution < 1.29 is 77.4 Å². The highest BCUT2D eigenvalue weighted by molar-refractivity contribution is 7.85. The number of hydrogen-bond donors (Lipinski definition) is 4. The van der Waals surface area contributed by atoms with Crippen molar-refractivity contribution >= 4 is 63.1 Å². The van der Waals surface area contributed by atoms with Crippen LogP contribution < -0.4 is 35.6 Å². The van der Waals surface area contributed by atoms with Gasteiger partial charge in [-0.2, -0.15) is 36.9 Å². The van der Waals surface area contributed by atoms with Crippen molar-refractivity contribution in [2.75, 3.05) is 67.9 Å². The van der Waals surface area contributed by atoms with Crippen LogP contribution in [0.3, 0.4) is 0 Å². The summed E-state index contributed by atoms with van der Waals surface area (Å²) in [6.07, 6.45) is -6.91. The maximum absolute atomic E-state index is 14.3. The lowest BCUT2D eigenvalue weighted by Crippen LogP contribution is -2.47. The van der Waals surface area contributed by atoms with Crippen molar-refractivity contribution in [3.05, 3.63) is 183 Å². The Labute approximate surface area is 479 Å². The molecule has 4 N–H and O–H groups in total. The van der Waals surface area contributed by atoms with Gasteiger partial charge in [0.15, 0.2) is 18.9 Å². The number of urea groups is 2. The smallest absolute Gasteiger partial charge is 0.416 e. The number of hydrogen-bond acceptors (Lipinski definition) is 12. The lowest BCUT2D eigenvalue weighted by Gasteiger charge is -2.33. The number of carbonyl (C=O) groups excluding carboxylic acids is 7. The number of nitriles is 2. The fraction of sp³-hybridized carbons (Fsp3) is 0.250. The number of benzene rings is 4. The molecule has 0 fully saturated rings. The van der Waals surface area contributed by atoms with E-state index in [1.165, 1.54) is 94.7 Å². The predicted molar refractivity (Wildman–Crippen MR) is 283 cm³/mol. The van der Waals surface area contributed by atoms with E-state index in [1.54, 1.807) is 0 Å². The van der Waals surface area contributed by atoms with E-state index >= 15 is 0 Å². The summed E-state index contributed by atoms with van der Waals surface area (Å²) in [6.45, 7) is -3.49. The van der Waals surface area contributed by atoms with Gasteiger partial charge in [0, 0.05) is 38.3 Å². The van der Waals surface area contributed by atoms with Gasteiger partial charge in [0.2, 0.25) is 11.8 Å². The van der Waals surface area contributed by atoms with E-state index in [9.17, 15) is 83.4 Å². The maximum Gasteiger partial charge on any atom is 0.416 e. The van der Waals surface area contributed by atoms with Gasteiger partial charge in [0.25, 0.3) is 17.7 Å². The third-order valence-corrected chi connectivity index (χ3v) is 14.8. The Balaban J connectivity index is 0.891. The van der Waals surface area contributed by atoms with E-state index in [-0.39, 0.29) is 83.3 Å². The first kappa shape index (κ1) is 59.5. The largest absolute Gasteiger partial charge is 0.748 e. The molecule has 1 aromatic heterocycles. The molecule has 0 saturated heterocycles. The monoisotopic (exact) mass is 1190 g/mol. The second-order valence-electron chi connectivity index (χ2n) is 19.6. The first-order valence-electron chi connectivity index (χ1n) is 25.7. The van der Waals surface area contributed by atoms with Crippen molar-refractivity contribution in [2.24, 2.45) is 0 Å². The Bertz CT molecular complexity index is 3610. The highest BCUT2D eigenvalue weighted by Crippen LogP contribution is 2.42. The molecule has 0 spiro atoms. The molecule has 438 valence electrons. The van der Waals surface area contributed by atoms with Crippen LogP contribution in [-0.2, 0) is 48.2 Å². The number of nitrogens with one attached hydrogen (secondary N) is 4. The summed E-state index contributed by atoms with van der Waals surface area (Å²) in [5.41, 5.74) is -1.52. The first-order chi connectivity index (χ1) is 40.3. The number of aromatic nitrogens is 1. The van der Waals surface area contributed by atoms with Crippen molar-refractivity contribution in [3.8, 4) is 12.1 Å². The molecule has 0 aliphatic carbocycles. The Morgan fingerprint density at radius 1 is 0.647 bits per heavy atom. The predicted octanol–water partition coefficient (Wildman–Crippen LogP) is 4.11. The minimum absolute atomic E-state index is 0.0191. The number of aryl methyl sites for hydroxylation is 1. The molecule has 9 rings (SSSR count). The summed E-state index contributed by atoms with van der Waals surface area (Å²) in [7, 11) is -4.59. The number of carbonyl (C=O) groups is 7. The number of alkyl halides is 6. The van der Waals surface area contributed by atoms with Crippen molar-refractivity contribution in [1.29, 1.82) is 10.5 Å². The molecule has 22 nitrogen and oxygen atoms in total. The van der Waals surface area contributed by atoms with Gasteiger partial charge in [0.1, 0.15) is 23.2 Å². The molecule has 2 atom stereocenters. The molecule has 0 saturated carbocycles. The van der Waals surface area contributed by atoms with Gasteiger partial charge in [-0.15, -0.1) is 0 Å². The zero-order valence-electron chi connectivity index (χ0n) is 44.1. The molecule has 0 radical (unpaired) electrons. The summed E-state index contributed by atoms with van der Waals surface area (Å²) < 4.78 is 118. The molecule has 5 heterocycles. The maximum atomic E-state index is 14.3. The molecule has 5 aromatic rings. The fourth-order valence-electron chi connectivity index (χ4n) is 10.0. The normalized spacial score (nSPS) is 17.0. The number of pyridine rings is 1. The lowest BCUT2D eigenvalue weighted by molar-refractivity contribution is -0.692. The minimum Gasteiger partial charge on any atom is -0.748 e. The first-order valence-corrected chi connectivity index (χ1v) is 27.3. The van der Waals surface area contributed by atoms with Gasteiger partial charge in [0.05, 0.1) is 105 Å². The Kier molecular flexibility index (Phi) is 16.8. The van der Waals surface area contributed by atoms with Gasteiger partial charge >= 0.3 is 24.4 Å². The van der Waals surface area contributed by atoms with Crippen LogP contribution in [0.25, 0.3) is 0 Å². The van der Waals surface area contributed by atoms with Gasteiger partial charge < -0.3 is 40.5 Å². The highest BCUT2D eigenvalue weighted by Gasteiger charge is 2.47. The minimum atomic E-state index is -4.80. The van der Waals surface area contributed by atoms with Gasteiger partial charge in [-0.05, 0) is 71.8 Å². The molecule has 0 unspecified atom stereocenters. The van der Waals surface area contributed by atoms with Crippen LogP contribution in [0.5, 0.6) is 0 Å². The van der Waals surface area contributed by atoms with Crippen LogP contribution in [0.2, 0.25) is 0 Å². The van der Waals surface area contributed by atoms with Gasteiger partial charge in [-0.25, -0.2) is 22.6 Å². The summed E-state index contributed by atoms with van der Waals surface area (Å²) in [5.74, 6) is -4.49. The number of halogens is 6. The number of nitrogens with zero attached hydrogens (tertiary/aromatic N) is 8. The molecular formula is C56H46F6N12O10S. The third kappa shape index (κ3) is 13.2. The Hall–Kier alpha value is -10.1. The molecule has 4 aliphatic heterocycles. The second kappa shape index (κ2) is 24.0. The fourth-order valence-corrected chi connectivity index (χ4v) is 10.5. The van der Waals surface area contributed by atoms with Gasteiger partial charge in [-0.1, -0.05) is 36.4 Å². The molecule has 4 aromatic carbocycles. The number of amides is 9. The van der Waals surface area contributed by atoms with E-state index in [0.29, 0.717) is 11.1 Å². The number of rotatable bonds is 18. The molecular weight excluding hydrogens is 1150 g/mol. The lowest BCUT2D eigenvalue weighted by atomic mass is 9.94. The van der Waals surface area contributed by atoms with Crippen molar-refractivity contribution in [3.63, 3.8) is 0 Å². The molecule has 9 amide bonds. The molecule has 0 bridgehead atoms. The third-order valence-electron chi connectivity index (χ3n) is 14.1. The van der Waals surface area contributed by atoms with Crippen LogP contribution in [0, 0.1) is 22.7 Å². The van der Waals surface area contributed by atoms with Crippen LogP contribution in [-0.4, -0.2) is 127 Å². The quantitative estimate of drug-likeness (QED) is 0.0548. The van der Waals surface area contributed by atoms with Gasteiger partial charge in [-0.3, -0.25) is 33.8 Å². The SMILES string of the molecule is N#Cc1ccc([C@H]2NC(=O)N(c3cccc(C(F)(F)F)c3)C3=C2C(=O)N(CC(=O)NCCN(CCNC(=O)CN2CC4=C(C2=O)[C@@H](c2ccc(C#N)cc2)NC(=O)N4c2cccc(C(F)(F)F)c2)C(=O)c2cc[n+](CCS(=O)(=O)[O-])cc2)C3)cc1. The van der Waals surface area contributed by atoms with E-state index in [1.807, 2.05) is 12.1 Å². The topological polar surface area (TPSA) is 292 Å². The summed E-state index contributed by atoms with van der Waals surface area (Å²) in [4.78, 5) is 103. The Morgan fingerprint density at radius 2 is 1.06 bits per heavy atom. The Morgan fingerprint density at radius 3 is 1.44 bits per heavy atom. The van der Waals surface area contributed by atoms with E-state index < -0.39 is 119 Å². The van der Waals surface area contributed by atoms with Crippen LogP contribution in [0.1, 0.15) is 55.8 Å².